The van der Waals surface area contributed by atoms with Crippen LogP contribution in [0.15, 0.2) is 30.3 Å². The Morgan fingerprint density at radius 3 is 2.62 bits per heavy atom. The van der Waals surface area contributed by atoms with E-state index in [0.717, 1.165) is 25.6 Å². The zero-order valence-electron chi connectivity index (χ0n) is 15.1. The summed E-state index contributed by atoms with van der Waals surface area (Å²) in [5.74, 6) is 0.726. The monoisotopic (exact) mass is 348 g/mol. The smallest absolute Gasteiger partial charge is 0.0575 e. The number of piperidine rings is 1. The van der Waals surface area contributed by atoms with Crippen LogP contribution < -0.4 is 10.0 Å². The number of rotatable bonds is 6. The highest BCUT2D eigenvalue weighted by Crippen LogP contribution is 2.35. The molecule has 0 bridgehead atoms. The van der Waals surface area contributed by atoms with Gasteiger partial charge in [-0.1, -0.05) is 49.2 Å². The molecule has 3 rings (SSSR count). The lowest BCUT2D eigenvalue weighted by molar-refractivity contribution is -0.0373. The van der Waals surface area contributed by atoms with E-state index < -0.39 is 0 Å². The van der Waals surface area contributed by atoms with E-state index in [2.05, 4.69) is 53.6 Å². The Labute approximate surface area is 151 Å². The van der Waals surface area contributed by atoms with Gasteiger partial charge in [0, 0.05) is 18.0 Å². The van der Waals surface area contributed by atoms with Crippen LogP contribution in [0.2, 0.25) is 0 Å². The van der Waals surface area contributed by atoms with Gasteiger partial charge in [-0.05, 0) is 56.4 Å². The van der Waals surface area contributed by atoms with Crippen molar-refractivity contribution >= 4 is 11.9 Å². The summed E-state index contributed by atoms with van der Waals surface area (Å²) in [6.07, 6.45) is 8.66. The molecular formula is C20H32N2OS. The Morgan fingerprint density at radius 1 is 1.17 bits per heavy atom. The molecule has 1 aromatic rings. The van der Waals surface area contributed by atoms with E-state index in [9.17, 15) is 0 Å². The third kappa shape index (κ3) is 4.54. The van der Waals surface area contributed by atoms with E-state index in [1.54, 1.807) is 11.9 Å². The Hall–Kier alpha value is -0.550. The van der Waals surface area contributed by atoms with Gasteiger partial charge < -0.3 is 10.1 Å². The molecule has 134 valence electrons. The highest BCUT2D eigenvalue weighted by molar-refractivity contribution is 7.96. The van der Waals surface area contributed by atoms with Crippen LogP contribution in [0.3, 0.4) is 0 Å². The van der Waals surface area contributed by atoms with Gasteiger partial charge in [0.2, 0.25) is 0 Å². The largest absolute Gasteiger partial charge is 0.378 e. The summed E-state index contributed by atoms with van der Waals surface area (Å²) in [6, 6.07) is 11.5. The van der Waals surface area contributed by atoms with Gasteiger partial charge in [0.1, 0.15) is 0 Å². The van der Waals surface area contributed by atoms with E-state index in [-0.39, 0.29) is 5.41 Å². The van der Waals surface area contributed by atoms with Gasteiger partial charge in [0.25, 0.3) is 0 Å². The second-order valence-electron chi connectivity index (χ2n) is 7.69. The van der Waals surface area contributed by atoms with E-state index in [0.29, 0.717) is 12.1 Å². The van der Waals surface area contributed by atoms with Crippen molar-refractivity contribution in [2.45, 2.75) is 57.1 Å². The topological polar surface area (TPSA) is 33.3 Å². The van der Waals surface area contributed by atoms with E-state index in [1.165, 1.54) is 37.7 Å². The maximum Gasteiger partial charge on any atom is 0.0575 e. The van der Waals surface area contributed by atoms with Crippen molar-refractivity contribution in [2.24, 2.45) is 5.41 Å². The highest BCUT2D eigenvalue weighted by Gasteiger charge is 2.37. The fourth-order valence-electron chi connectivity index (χ4n) is 4.18. The number of benzene rings is 1. The van der Waals surface area contributed by atoms with Crippen molar-refractivity contribution < 1.29 is 4.74 Å². The predicted octanol–water partition coefficient (Wildman–Crippen LogP) is 3.97. The molecular weight excluding hydrogens is 316 g/mol. The Bertz CT molecular complexity index is 488. The van der Waals surface area contributed by atoms with Gasteiger partial charge in [-0.15, -0.1) is 0 Å². The summed E-state index contributed by atoms with van der Waals surface area (Å²) < 4.78 is 9.98. The summed E-state index contributed by atoms with van der Waals surface area (Å²) in [7, 11) is 0. The van der Waals surface area contributed by atoms with Crippen LogP contribution in [-0.2, 0) is 4.74 Å². The van der Waals surface area contributed by atoms with E-state index in [4.69, 9.17) is 4.74 Å². The molecule has 1 aliphatic heterocycles. The Kier molecular flexibility index (Phi) is 6.62. The minimum Gasteiger partial charge on any atom is -0.378 e. The molecule has 4 heteroatoms. The lowest BCUT2D eigenvalue weighted by Crippen LogP contribution is -2.55. The SMILES string of the molecule is CSNC1CCNC[C@@]1(C)COC1CCC(c2ccccc2)CC1. The van der Waals surface area contributed by atoms with Crippen LogP contribution in [0.25, 0.3) is 0 Å². The summed E-state index contributed by atoms with van der Waals surface area (Å²) in [4.78, 5) is 0. The van der Waals surface area contributed by atoms with Crippen molar-refractivity contribution in [3.63, 3.8) is 0 Å². The first kappa shape index (κ1) is 18.2. The molecule has 1 saturated carbocycles. The Morgan fingerprint density at radius 2 is 1.92 bits per heavy atom. The van der Waals surface area contributed by atoms with Crippen LogP contribution in [0.1, 0.15) is 50.5 Å². The first-order valence-corrected chi connectivity index (χ1v) is 10.6. The van der Waals surface area contributed by atoms with Crippen molar-refractivity contribution in [1.29, 1.82) is 0 Å². The molecule has 2 atom stereocenters. The summed E-state index contributed by atoms with van der Waals surface area (Å²) in [5.41, 5.74) is 1.70. The quantitative estimate of drug-likeness (QED) is 0.762. The molecule has 1 saturated heterocycles. The zero-order chi connectivity index (χ0) is 16.8. The lowest BCUT2D eigenvalue weighted by Gasteiger charge is -2.42. The van der Waals surface area contributed by atoms with E-state index >= 15 is 0 Å². The van der Waals surface area contributed by atoms with Gasteiger partial charge in [-0.3, -0.25) is 4.72 Å². The minimum absolute atomic E-state index is 0.192. The summed E-state index contributed by atoms with van der Waals surface area (Å²) in [6.45, 7) is 5.38. The van der Waals surface area contributed by atoms with Gasteiger partial charge in [-0.25, -0.2) is 0 Å². The molecule has 0 amide bonds. The lowest BCUT2D eigenvalue weighted by atomic mass is 9.79. The molecule has 3 nitrogen and oxygen atoms in total. The standard InChI is InChI=1S/C20H32N2OS/c1-20(14-21-13-12-19(20)22-24-2)15-23-18-10-8-17(9-11-18)16-6-4-3-5-7-16/h3-7,17-19,21-22H,8-15H2,1-2H3/t17?,18?,19?,20-/m0/s1. The maximum atomic E-state index is 6.40. The summed E-state index contributed by atoms with van der Waals surface area (Å²) >= 11 is 1.74. The normalized spacial score (nSPS) is 34.2. The molecule has 2 fully saturated rings. The molecule has 2 aliphatic rings. The fraction of sp³-hybridized carbons (Fsp3) is 0.700. The zero-order valence-corrected chi connectivity index (χ0v) is 15.9. The molecule has 24 heavy (non-hydrogen) atoms. The molecule has 1 aromatic carbocycles. The minimum atomic E-state index is 0.192. The second-order valence-corrected chi connectivity index (χ2v) is 8.33. The first-order chi connectivity index (χ1) is 11.7. The molecule has 1 heterocycles. The molecule has 1 aliphatic carbocycles. The summed E-state index contributed by atoms with van der Waals surface area (Å²) in [5, 5.41) is 3.55. The van der Waals surface area contributed by atoms with Gasteiger partial charge in [-0.2, -0.15) is 0 Å². The number of hydrogen-bond donors (Lipinski definition) is 2. The average molecular weight is 349 g/mol. The predicted molar refractivity (Wildman–Crippen MR) is 103 cm³/mol. The first-order valence-electron chi connectivity index (χ1n) is 9.37. The number of ether oxygens (including phenoxy) is 1. The molecule has 0 aromatic heterocycles. The maximum absolute atomic E-state index is 6.40. The molecule has 1 unspecified atom stereocenters. The second kappa shape index (κ2) is 8.70. The molecule has 2 N–H and O–H groups in total. The van der Waals surface area contributed by atoms with Gasteiger partial charge in [0.15, 0.2) is 0 Å². The van der Waals surface area contributed by atoms with E-state index in [1.807, 2.05) is 0 Å². The number of nitrogens with one attached hydrogen (secondary N) is 2. The highest BCUT2D eigenvalue weighted by atomic mass is 32.2. The van der Waals surface area contributed by atoms with Crippen molar-refractivity contribution in [1.82, 2.24) is 10.0 Å². The van der Waals surface area contributed by atoms with Crippen molar-refractivity contribution in [3.8, 4) is 0 Å². The van der Waals surface area contributed by atoms with Gasteiger partial charge >= 0.3 is 0 Å². The van der Waals surface area contributed by atoms with Crippen LogP contribution in [-0.4, -0.2) is 38.1 Å². The van der Waals surface area contributed by atoms with Gasteiger partial charge in [0.05, 0.1) is 12.7 Å². The van der Waals surface area contributed by atoms with Crippen LogP contribution in [0.4, 0.5) is 0 Å². The third-order valence-electron chi connectivity index (χ3n) is 5.83. The molecule has 0 radical (unpaired) electrons. The average Bonchev–Trinajstić information content (AvgIpc) is 2.64. The van der Waals surface area contributed by atoms with Crippen LogP contribution in [0, 0.1) is 5.41 Å². The van der Waals surface area contributed by atoms with Crippen molar-refractivity contribution in [3.05, 3.63) is 35.9 Å². The molecule has 0 spiro atoms. The fourth-order valence-corrected chi connectivity index (χ4v) is 4.87. The third-order valence-corrected chi connectivity index (χ3v) is 6.35. The number of hydrogen-bond acceptors (Lipinski definition) is 4. The van der Waals surface area contributed by atoms with Crippen LogP contribution >= 0.6 is 11.9 Å². The van der Waals surface area contributed by atoms with Crippen LogP contribution in [0.5, 0.6) is 0 Å². The Balaban J connectivity index is 1.47. The van der Waals surface area contributed by atoms with Crippen molar-refractivity contribution in [2.75, 3.05) is 26.0 Å².